The summed E-state index contributed by atoms with van der Waals surface area (Å²) in [5.41, 5.74) is 2.56. The monoisotopic (exact) mass is 474 g/mol. The van der Waals surface area contributed by atoms with E-state index in [9.17, 15) is 9.59 Å². The second-order valence-corrected chi connectivity index (χ2v) is 8.81. The summed E-state index contributed by atoms with van der Waals surface area (Å²) in [7, 11) is 1.40. The van der Waals surface area contributed by atoms with E-state index >= 15 is 0 Å². The Morgan fingerprint density at radius 3 is 1.94 bits per heavy atom. The molecule has 0 radical (unpaired) electrons. The zero-order valence-electron chi connectivity index (χ0n) is 19.8. The van der Waals surface area contributed by atoms with Crippen LogP contribution < -0.4 is 9.47 Å². The minimum Gasteiger partial charge on any atom is -0.490 e. The van der Waals surface area contributed by atoms with Crippen LogP contribution in [0.3, 0.4) is 0 Å². The third kappa shape index (κ3) is 6.93. The zero-order valence-corrected chi connectivity index (χ0v) is 19.8. The number of benzene rings is 3. The van der Waals surface area contributed by atoms with Gasteiger partial charge in [-0.1, -0.05) is 42.5 Å². The number of carboxylic acids is 1. The Bertz CT molecular complexity index is 1110. The molecule has 1 aliphatic carbocycles. The molecule has 0 aromatic heterocycles. The van der Waals surface area contributed by atoms with Crippen LogP contribution in [0, 0.1) is 0 Å². The molecule has 0 spiro atoms. The number of Topliss-reactive ketones (excluding diaryl/α,β-unsaturated/α-hetero) is 1. The van der Waals surface area contributed by atoms with Gasteiger partial charge >= 0.3 is 5.97 Å². The lowest BCUT2D eigenvalue weighted by Gasteiger charge is -2.16. The molecule has 0 bridgehead atoms. The van der Waals surface area contributed by atoms with E-state index < -0.39 is 12.1 Å². The second kappa shape index (κ2) is 11.7. The molecule has 3 aromatic rings. The Morgan fingerprint density at radius 2 is 1.40 bits per heavy atom. The minimum atomic E-state index is -0.974. The number of ether oxygens (including phenoxy) is 3. The lowest BCUT2D eigenvalue weighted by molar-refractivity contribution is -0.148. The van der Waals surface area contributed by atoms with Crippen molar-refractivity contribution >= 4 is 11.8 Å². The van der Waals surface area contributed by atoms with Crippen molar-refractivity contribution in [3.63, 3.8) is 0 Å². The molecule has 3 aromatic carbocycles. The highest BCUT2D eigenvalue weighted by atomic mass is 16.5. The highest BCUT2D eigenvalue weighted by Gasteiger charge is 2.28. The number of methoxy groups -OCH3 is 1. The number of hydrogen-bond donors (Lipinski definition) is 1. The van der Waals surface area contributed by atoms with Gasteiger partial charge in [-0.3, -0.25) is 4.79 Å². The number of carboxylic acid groups (broad SMARTS) is 1. The lowest BCUT2D eigenvalue weighted by atomic mass is 10.0. The Hall–Kier alpha value is -3.64. The van der Waals surface area contributed by atoms with Gasteiger partial charge in [-0.25, -0.2) is 4.79 Å². The number of carbonyl (C=O) groups excluding carboxylic acids is 1. The summed E-state index contributed by atoms with van der Waals surface area (Å²) in [6, 6.07) is 24.6. The largest absolute Gasteiger partial charge is 0.490 e. The molecule has 4 rings (SSSR count). The van der Waals surface area contributed by atoms with E-state index in [0.29, 0.717) is 18.4 Å². The van der Waals surface area contributed by atoms with E-state index in [1.807, 2.05) is 78.9 Å². The quantitative estimate of drug-likeness (QED) is 0.388. The van der Waals surface area contributed by atoms with Gasteiger partial charge in [-0.2, -0.15) is 0 Å². The summed E-state index contributed by atoms with van der Waals surface area (Å²) in [5.74, 6) is 0.620. The van der Waals surface area contributed by atoms with Crippen molar-refractivity contribution in [2.75, 3.05) is 7.11 Å². The number of hydrogen-bond acceptors (Lipinski definition) is 5. The molecule has 182 valence electrons. The second-order valence-electron chi connectivity index (χ2n) is 8.81. The third-order valence-electron chi connectivity index (χ3n) is 6.23. The van der Waals surface area contributed by atoms with Gasteiger partial charge in [0.1, 0.15) is 23.7 Å². The van der Waals surface area contributed by atoms with E-state index in [2.05, 4.69) is 0 Å². The molecule has 35 heavy (non-hydrogen) atoms. The standard InChI is InChI=1S/C29H30O6/c1-33-28(29(31)32)18-21-7-11-23(12-8-21)34-25-15-16-26(19-25)35-24-13-9-22(10-14-24)27(30)17-20-5-3-2-4-6-20/h2-14,25-26,28H,15-19H2,1H3,(H,31,32)/t25-,26-,28-/m0/s1. The Labute approximate surface area is 205 Å². The molecule has 6 heteroatoms. The maximum absolute atomic E-state index is 12.5. The fourth-order valence-corrected chi connectivity index (χ4v) is 4.29. The first kappa shape index (κ1) is 24.5. The highest BCUT2D eigenvalue weighted by molar-refractivity contribution is 5.97. The van der Waals surface area contributed by atoms with Crippen LogP contribution in [0.1, 0.15) is 40.7 Å². The molecule has 1 N–H and O–H groups in total. The molecular weight excluding hydrogens is 444 g/mol. The van der Waals surface area contributed by atoms with Crippen molar-refractivity contribution in [3.05, 3.63) is 95.6 Å². The van der Waals surface area contributed by atoms with Gasteiger partial charge in [-0.05, 0) is 60.4 Å². The molecular formula is C29H30O6. The molecule has 0 amide bonds. The van der Waals surface area contributed by atoms with Crippen molar-refractivity contribution in [2.24, 2.45) is 0 Å². The topological polar surface area (TPSA) is 82.1 Å². The van der Waals surface area contributed by atoms with Crippen LogP contribution in [0.5, 0.6) is 11.5 Å². The van der Waals surface area contributed by atoms with Crippen molar-refractivity contribution < 1.29 is 28.9 Å². The predicted octanol–water partition coefficient (Wildman–Crippen LogP) is 5.13. The van der Waals surface area contributed by atoms with Crippen LogP contribution in [0.15, 0.2) is 78.9 Å². The first-order chi connectivity index (χ1) is 17.0. The van der Waals surface area contributed by atoms with Crippen molar-refractivity contribution in [1.29, 1.82) is 0 Å². The van der Waals surface area contributed by atoms with Crippen molar-refractivity contribution in [1.82, 2.24) is 0 Å². The van der Waals surface area contributed by atoms with Gasteiger partial charge in [0.2, 0.25) is 0 Å². The van der Waals surface area contributed by atoms with Gasteiger partial charge in [-0.15, -0.1) is 0 Å². The van der Waals surface area contributed by atoms with Crippen LogP contribution in [0.2, 0.25) is 0 Å². The Balaban J connectivity index is 1.24. The van der Waals surface area contributed by atoms with Crippen molar-refractivity contribution in [2.45, 2.75) is 50.4 Å². The summed E-state index contributed by atoms with van der Waals surface area (Å²) < 4.78 is 17.2. The average molecular weight is 475 g/mol. The van der Waals surface area contributed by atoms with Crippen LogP contribution in [0.25, 0.3) is 0 Å². The first-order valence-corrected chi connectivity index (χ1v) is 11.8. The molecule has 1 saturated carbocycles. The van der Waals surface area contributed by atoms with E-state index in [0.717, 1.165) is 41.9 Å². The maximum atomic E-state index is 12.5. The smallest absolute Gasteiger partial charge is 0.333 e. The molecule has 6 nitrogen and oxygen atoms in total. The number of carbonyl (C=O) groups is 2. The van der Waals surface area contributed by atoms with E-state index in [1.165, 1.54) is 7.11 Å². The number of rotatable bonds is 11. The van der Waals surface area contributed by atoms with Gasteiger partial charge in [0, 0.05) is 31.9 Å². The summed E-state index contributed by atoms with van der Waals surface area (Å²) in [6.45, 7) is 0. The summed E-state index contributed by atoms with van der Waals surface area (Å²) in [5, 5.41) is 9.13. The number of aliphatic carboxylic acids is 1. The summed E-state index contributed by atoms with van der Waals surface area (Å²) >= 11 is 0. The molecule has 1 fully saturated rings. The van der Waals surface area contributed by atoms with Gasteiger partial charge < -0.3 is 19.3 Å². The van der Waals surface area contributed by atoms with Crippen LogP contribution in [-0.4, -0.2) is 42.3 Å². The fourth-order valence-electron chi connectivity index (χ4n) is 4.29. The molecule has 3 atom stereocenters. The molecule has 0 aliphatic heterocycles. The molecule has 0 saturated heterocycles. The lowest BCUT2D eigenvalue weighted by Crippen LogP contribution is -2.24. The molecule has 1 aliphatic rings. The minimum absolute atomic E-state index is 0.0585. The summed E-state index contributed by atoms with van der Waals surface area (Å²) in [6.07, 6.45) is 2.52. The normalized spacial score (nSPS) is 18.1. The molecule has 0 unspecified atom stereocenters. The SMILES string of the molecule is CO[C@@H](Cc1ccc(O[C@H]2CC[C@H](Oc3ccc(C(=O)Cc4ccccc4)cc3)C2)cc1)C(=O)O. The Morgan fingerprint density at radius 1 is 0.829 bits per heavy atom. The van der Waals surface area contributed by atoms with Crippen LogP contribution >= 0.6 is 0 Å². The van der Waals surface area contributed by atoms with Crippen LogP contribution in [-0.2, 0) is 22.4 Å². The zero-order chi connectivity index (χ0) is 24.6. The van der Waals surface area contributed by atoms with E-state index in [-0.39, 0.29) is 18.0 Å². The highest BCUT2D eigenvalue weighted by Crippen LogP contribution is 2.29. The average Bonchev–Trinajstić information content (AvgIpc) is 3.31. The predicted molar refractivity (Wildman–Crippen MR) is 132 cm³/mol. The Kier molecular flexibility index (Phi) is 8.16. The van der Waals surface area contributed by atoms with E-state index in [4.69, 9.17) is 19.3 Å². The fraction of sp³-hybridized carbons (Fsp3) is 0.310. The van der Waals surface area contributed by atoms with Gasteiger partial charge in [0.25, 0.3) is 0 Å². The van der Waals surface area contributed by atoms with Crippen molar-refractivity contribution in [3.8, 4) is 11.5 Å². The van der Waals surface area contributed by atoms with Crippen LogP contribution in [0.4, 0.5) is 0 Å². The van der Waals surface area contributed by atoms with Gasteiger partial charge in [0.05, 0.1) is 0 Å². The summed E-state index contributed by atoms with van der Waals surface area (Å²) in [4.78, 5) is 23.6. The first-order valence-electron chi connectivity index (χ1n) is 11.8. The number of ketones is 1. The third-order valence-corrected chi connectivity index (χ3v) is 6.23. The van der Waals surface area contributed by atoms with E-state index in [1.54, 1.807) is 0 Å². The maximum Gasteiger partial charge on any atom is 0.333 e. The van der Waals surface area contributed by atoms with Gasteiger partial charge in [0.15, 0.2) is 11.9 Å². The molecule has 0 heterocycles.